The van der Waals surface area contributed by atoms with Gasteiger partial charge in [-0.2, -0.15) is 0 Å². The maximum absolute atomic E-state index is 6.28. The van der Waals surface area contributed by atoms with E-state index in [0.29, 0.717) is 34.1 Å². The van der Waals surface area contributed by atoms with Crippen LogP contribution in [0.1, 0.15) is 23.3 Å². The van der Waals surface area contributed by atoms with E-state index >= 15 is 0 Å². The monoisotopic (exact) mass is 550 g/mol. The molecule has 5 nitrogen and oxygen atoms in total. The van der Waals surface area contributed by atoms with Crippen molar-refractivity contribution in [2.75, 3.05) is 28.4 Å². The standard InChI is InChI=1S/C20H20Cl6O5/c1-27-11-5-7-13(15(9-11)29-3)17(19(21,22)23)31-18(20(24,25)26)14-8-6-12(28-2)10-16(14)30-4/h5-10,17-18H,1-4H3. The van der Waals surface area contributed by atoms with E-state index in [2.05, 4.69) is 0 Å². The Bertz CT molecular complexity index is 810. The Labute approximate surface area is 211 Å². The average molecular weight is 553 g/mol. The molecule has 0 heterocycles. The third-order valence-electron chi connectivity index (χ3n) is 4.31. The van der Waals surface area contributed by atoms with Crippen LogP contribution in [0, 0.1) is 0 Å². The Kier molecular flexibility index (Phi) is 9.41. The van der Waals surface area contributed by atoms with E-state index in [1.807, 2.05) is 0 Å². The number of rotatable bonds is 8. The molecule has 0 aliphatic carbocycles. The molecule has 2 rings (SSSR count). The average Bonchev–Trinajstić information content (AvgIpc) is 2.72. The first-order chi connectivity index (χ1) is 14.5. The molecule has 0 radical (unpaired) electrons. The van der Waals surface area contributed by atoms with Crippen molar-refractivity contribution in [3.63, 3.8) is 0 Å². The molecule has 0 amide bonds. The van der Waals surface area contributed by atoms with Gasteiger partial charge in [0, 0.05) is 23.3 Å². The number of hydrogen-bond acceptors (Lipinski definition) is 5. The Morgan fingerprint density at radius 3 is 1.19 bits per heavy atom. The summed E-state index contributed by atoms with van der Waals surface area (Å²) in [5, 5.41) is 0. The van der Waals surface area contributed by atoms with E-state index in [0.717, 1.165) is 0 Å². The van der Waals surface area contributed by atoms with E-state index < -0.39 is 19.8 Å². The van der Waals surface area contributed by atoms with Gasteiger partial charge >= 0.3 is 0 Å². The summed E-state index contributed by atoms with van der Waals surface area (Å²) in [6.07, 6.45) is -2.38. The zero-order chi connectivity index (χ0) is 23.4. The van der Waals surface area contributed by atoms with Crippen molar-refractivity contribution < 1.29 is 23.7 Å². The van der Waals surface area contributed by atoms with E-state index in [1.54, 1.807) is 36.4 Å². The van der Waals surface area contributed by atoms with Gasteiger partial charge in [-0.1, -0.05) is 69.6 Å². The molecule has 0 N–H and O–H groups in total. The molecule has 2 aromatic carbocycles. The summed E-state index contributed by atoms with van der Waals surface area (Å²) in [5.74, 6) is 1.80. The zero-order valence-electron chi connectivity index (χ0n) is 16.9. The van der Waals surface area contributed by atoms with Crippen LogP contribution in [0.4, 0.5) is 0 Å². The minimum Gasteiger partial charge on any atom is -0.497 e. The zero-order valence-corrected chi connectivity index (χ0v) is 21.5. The second-order valence-corrected chi connectivity index (χ2v) is 10.9. The van der Waals surface area contributed by atoms with Gasteiger partial charge < -0.3 is 23.7 Å². The maximum Gasteiger partial charge on any atom is 0.220 e. The van der Waals surface area contributed by atoms with Gasteiger partial charge in [0.05, 0.1) is 28.4 Å². The number of benzene rings is 2. The molecular weight excluding hydrogens is 533 g/mol. The lowest BCUT2D eigenvalue weighted by Gasteiger charge is -2.34. The maximum atomic E-state index is 6.28. The summed E-state index contributed by atoms with van der Waals surface area (Å²) >= 11 is 37.7. The van der Waals surface area contributed by atoms with E-state index in [9.17, 15) is 0 Å². The Morgan fingerprint density at radius 2 is 0.935 bits per heavy atom. The number of methoxy groups -OCH3 is 4. The van der Waals surface area contributed by atoms with Gasteiger partial charge in [-0.05, 0) is 24.3 Å². The van der Waals surface area contributed by atoms with Crippen LogP contribution in [0.2, 0.25) is 0 Å². The molecule has 0 aliphatic rings. The highest BCUT2D eigenvalue weighted by Gasteiger charge is 2.45. The van der Waals surface area contributed by atoms with Gasteiger partial charge in [-0.3, -0.25) is 0 Å². The van der Waals surface area contributed by atoms with Gasteiger partial charge in [-0.25, -0.2) is 0 Å². The molecule has 0 aliphatic heterocycles. The lowest BCUT2D eigenvalue weighted by molar-refractivity contribution is -0.0133. The van der Waals surface area contributed by atoms with E-state index in [4.69, 9.17) is 93.3 Å². The first-order valence-corrected chi connectivity index (χ1v) is 11.0. The summed E-state index contributed by atoms with van der Waals surface area (Å²) in [4.78, 5) is 0. The number of hydrogen-bond donors (Lipinski definition) is 0. The van der Waals surface area contributed by atoms with Crippen LogP contribution in [0.25, 0.3) is 0 Å². The third-order valence-corrected chi connectivity index (χ3v) is 5.50. The van der Waals surface area contributed by atoms with Crippen LogP contribution in [-0.4, -0.2) is 36.0 Å². The fraction of sp³-hybridized carbons (Fsp3) is 0.400. The van der Waals surface area contributed by atoms with Gasteiger partial charge in [0.1, 0.15) is 35.2 Å². The summed E-state index contributed by atoms with van der Waals surface area (Å²) in [5.41, 5.74) is 0.824. The highest BCUT2D eigenvalue weighted by Crippen LogP contribution is 2.53. The van der Waals surface area contributed by atoms with Crippen LogP contribution in [0.3, 0.4) is 0 Å². The van der Waals surface area contributed by atoms with Crippen LogP contribution in [0.15, 0.2) is 36.4 Å². The lowest BCUT2D eigenvalue weighted by Crippen LogP contribution is -2.29. The smallest absolute Gasteiger partial charge is 0.220 e. The van der Waals surface area contributed by atoms with Crippen molar-refractivity contribution in [1.29, 1.82) is 0 Å². The fourth-order valence-corrected chi connectivity index (χ4v) is 3.87. The summed E-state index contributed by atoms with van der Waals surface area (Å²) in [6.45, 7) is 0. The van der Waals surface area contributed by atoms with Crippen molar-refractivity contribution in [2.24, 2.45) is 0 Å². The molecule has 0 aromatic heterocycles. The van der Waals surface area contributed by atoms with Crippen LogP contribution in [-0.2, 0) is 4.74 Å². The topological polar surface area (TPSA) is 46.2 Å². The highest BCUT2D eigenvalue weighted by atomic mass is 35.6. The van der Waals surface area contributed by atoms with Crippen molar-refractivity contribution in [3.8, 4) is 23.0 Å². The SMILES string of the molecule is COc1ccc(C(OC(c2ccc(OC)cc2OC)C(Cl)(Cl)Cl)C(Cl)(Cl)Cl)c(OC)c1. The van der Waals surface area contributed by atoms with Crippen LogP contribution >= 0.6 is 69.6 Å². The first-order valence-electron chi connectivity index (χ1n) is 8.69. The van der Waals surface area contributed by atoms with Gasteiger partial charge in [0.25, 0.3) is 0 Å². The number of alkyl halides is 6. The normalized spacial score (nSPS) is 14.0. The Morgan fingerprint density at radius 1 is 0.581 bits per heavy atom. The summed E-state index contributed by atoms with van der Waals surface area (Å²) < 4.78 is 23.6. The fourth-order valence-electron chi connectivity index (χ4n) is 2.86. The first kappa shape index (κ1) is 26.6. The van der Waals surface area contributed by atoms with Gasteiger partial charge in [-0.15, -0.1) is 0 Å². The largest absolute Gasteiger partial charge is 0.497 e. The second kappa shape index (κ2) is 11.0. The minimum atomic E-state index is -1.95. The Balaban J connectivity index is 2.60. The van der Waals surface area contributed by atoms with Gasteiger partial charge in [0.2, 0.25) is 7.59 Å². The minimum absolute atomic E-state index is 0.362. The molecule has 11 heteroatoms. The van der Waals surface area contributed by atoms with E-state index in [-0.39, 0.29) is 0 Å². The molecular formula is C20H20Cl6O5. The second-order valence-electron chi connectivity index (χ2n) is 6.20. The molecule has 2 unspecified atom stereocenters. The van der Waals surface area contributed by atoms with Crippen molar-refractivity contribution >= 4 is 69.6 Å². The number of ether oxygens (including phenoxy) is 5. The molecule has 2 atom stereocenters. The third kappa shape index (κ3) is 6.67. The van der Waals surface area contributed by atoms with Crippen molar-refractivity contribution in [2.45, 2.75) is 19.8 Å². The quantitative estimate of drug-likeness (QED) is 0.322. The predicted molar refractivity (Wildman–Crippen MR) is 126 cm³/mol. The Hall–Kier alpha value is -0.660. The van der Waals surface area contributed by atoms with Crippen LogP contribution in [0.5, 0.6) is 23.0 Å². The molecule has 0 fully saturated rings. The van der Waals surface area contributed by atoms with Crippen LogP contribution < -0.4 is 18.9 Å². The molecule has 0 bridgehead atoms. The number of halogens is 6. The molecule has 0 saturated heterocycles. The molecule has 31 heavy (non-hydrogen) atoms. The lowest BCUT2D eigenvalue weighted by atomic mass is 10.1. The summed E-state index contributed by atoms with van der Waals surface area (Å²) in [6, 6.07) is 9.88. The molecule has 172 valence electrons. The van der Waals surface area contributed by atoms with Crippen molar-refractivity contribution in [1.82, 2.24) is 0 Å². The molecule has 0 spiro atoms. The summed E-state index contributed by atoms with van der Waals surface area (Å²) in [7, 11) is 5.97. The predicted octanol–water partition coefficient (Wildman–Crippen LogP) is 7.26. The highest BCUT2D eigenvalue weighted by molar-refractivity contribution is 6.68. The van der Waals surface area contributed by atoms with E-state index in [1.165, 1.54) is 28.4 Å². The van der Waals surface area contributed by atoms with Gasteiger partial charge in [0.15, 0.2) is 0 Å². The molecule has 0 saturated carbocycles. The van der Waals surface area contributed by atoms with Crippen molar-refractivity contribution in [3.05, 3.63) is 47.5 Å². The molecule has 2 aromatic rings.